The van der Waals surface area contributed by atoms with E-state index in [1.165, 1.54) is 0 Å². The summed E-state index contributed by atoms with van der Waals surface area (Å²) in [5.41, 5.74) is 0. The van der Waals surface area contributed by atoms with E-state index in [4.69, 9.17) is 14.6 Å². The molecule has 0 aromatic carbocycles. The Morgan fingerprint density at radius 3 is 3.08 bits per heavy atom. The summed E-state index contributed by atoms with van der Waals surface area (Å²) in [6, 6.07) is 0. The third-order valence-electron chi connectivity index (χ3n) is 2.13. The van der Waals surface area contributed by atoms with Crippen molar-refractivity contribution in [3.8, 4) is 0 Å². The number of aliphatic hydroxyl groups excluding tert-OH is 1. The van der Waals surface area contributed by atoms with E-state index >= 15 is 0 Å². The predicted octanol–water partition coefficient (Wildman–Crippen LogP) is 0.685. The first-order valence-corrected chi connectivity index (χ1v) is 4.67. The lowest BCUT2D eigenvalue weighted by Crippen LogP contribution is -2.27. The fourth-order valence-electron chi connectivity index (χ4n) is 1.48. The molecular formula is C9H16O4. The van der Waals surface area contributed by atoms with Crippen molar-refractivity contribution in [1.29, 1.82) is 0 Å². The van der Waals surface area contributed by atoms with Crippen LogP contribution >= 0.6 is 0 Å². The minimum Gasteiger partial charge on any atom is -0.466 e. The Bertz CT molecular complexity index is 169. The molecule has 0 saturated carbocycles. The van der Waals surface area contributed by atoms with Crippen molar-refractivity contribution in [2.24, 2.45) is 5.92 Å². The Morgan fingerprint density at radius 2 is 2.46 bits per heavy atom. The van der Waals surface area contributed by atoms with Gasteiger partial charge in [-0.05, 0) is 19.3 Å². The maximum atomic E-state index is 11.1. The summed E-state index contributed by atoms with van der Waals surface area (Å²) in [6.07, 6.45) is 1.07. The highest BCUT2D eigenvalue weighted by Crippen LogP contribution is 2.22. The van der Waals surface area contributed by atoms with E-state index in [1.54, 1.807) is 6.92 Å². The van der Waals surface area contributed by atoms with Crippen molar-refractivity contribution in [3.63, 3.8) is 0 Å². The summed E-state index contributed by atoms with van der Waals surface area (Å²) in [5, 5.41) is 9.15. The van der Waals surface area contributed by atoms with E-state index in [-0.39, 0.29) is 11.9 Å². The zero-order valence-corrected chi connectivity index (χ0v) is 7.86. The third-order valence-corrected chi connectivity index (χ3v) is 2.13. The highest BCUT2D eigenvalue weighted by atomic mass is 16.6. The third kappa shape index (κ3) is 3.74. The van der Waals surface area contributed by atoms with E-state index in [1.807, 2.05) is 0 Å². The molecule has 1 heterocycles. The summed E-state index contributed by atoms with van der Waals surface area (Å²) in [7, 11) is 0. The van der Waals surface area contributed by atoms with Gasteiger partial charge in [-0.15, -0.1) is 0 Å². The maximum absolute atomic E-state index is 11.1. The minimum atomic E-state index is -0.701. The van der Waals surface area contributed by atoms with Crippen LogP contribution in [0.3, 0.4) is 0 Å². The number of carbonyl (C=O) groups excluding carboxylic acids is 1. The standard InChI is InChI=1S/C9H16O4/c1-2-12-8(10)5-7-3-4-13-9(11)6-7/h7,9,11H,2-6H2,1H3/t7-,9-/m0/s1. The highest BCUT2D eigenvalue weighted by molar-refractivity contribution is 5.69. The monoisotopic (exact) mass is 188 g/mol. The first-order valence-electron chi connectivity index (χ1n) is 4.67. The fourth-order valence-corrected chi connectivity index (χ4v) is 1.48. The van der Waals surface area contributed by atoms with E-state index < -0.39 is 6.29 Å². The molecule has 76 valence electrons. The Kier molecular flexibility index (Phi) is 4.18. The minimum absolute atomic E-state index is 0.179. The molecular weight excluding hydrogens is 172 g/mol. The molecule has 1 rings (SSSR count). The molecule has 0 radical (unpaired) electrons. The molecule has 0 spiro atoms. The van der Waals surface area contributed by atoms with Gasteiger partial charge in [-0.25, -0.2) is 0 Å². The van der Waals surface area contributed by atoms with Gasteiger partial charge in [0.05, 0.1) is 13.2 Å². The molecule has 1 fully saturated rings. The van der Waals surface area contributed by atoms with Gasteiger partial charge >= 0.3 is 5.97 Å². The molecule has 1 saturated heterocycles. The fraction of sp³-hybridized carbons (Fsp3) is 0.889. The van der Waals surface area contributed by atoms with E-state index in [9.17, 15) is 4.79 Å². The maximum Gasteiger partial charge on any atom is 0.306 e. The van der Waals surface area contributed by atoms with Crippen molar-refractivity contribution < 1.29 is 19.4 Å². The smallest absolute Gasteiger partial charge is 0.306 e. The Morgan fingerprint density at radius 1 is 1.69 bits per heavy atom. The van der Waals surface area contributed by atoms with Crippen molar-refractivity contribution in [2.75, 3.05) is 13.2 Å². The average molecular weight is 188 g/mol. The summed E-state index contributed by atoms with van der Waals surface area (Å²) in [5.74, 6) is 0.0319. The molecule has 1 aliphatic heterocycles. The normalized spacial score (nSPS) is 28.5. The van der Waals surface area contributed by atoms with Crippen LogP contribution in [0.2, 0.25) is 0 Å². The molecule has 2 atom stereocenters. The lowest BCUT2D eigenvalue weighted by Gasteiger charge is -2.25. The number of hydrogen-bond acceptors (Lipinski definition) is 4. The molecule has 0 aromatic heterocycles. The van der Waals surface area contributed by atoms with Gasteiger partial charge in [0.25, 0.3) is 0 Å². The molecule has 0 bridgehead atoms. The largest absolute Gasteiger partial charge is 0.466 e. The number of esters is 1. The van der Waals surface area contributed by atoms with Gasteiger partial charge in [-0.3, -0.25) is 4.79 Å². The van der Waals surface area contributed by atoms with Gasteiger partial charge < -0.3 is 14.6 Å². The number of aliphatic hydroxyl groups is 1. The zero-order chi connectivity index (χ0) is 9.68. The average Bonchev–Trinajstić information content (AvgIpc) is 2.04. The van der Waals surface area contributed by atoms with Crippen LogP contribution in [0.5, 0.6) is 0 Å². The Hall–Kier alpha value is -0.610. The van der Waals surface area contributed by atoms with Gasteiger partial charge in [-0.1, -0.05) is 0 Å². The molecule has 1 N–H and O–H groups in total. The highest BCUT2D eigenvalue weighted by Gasteiger charge is 2.23. The van der Waals surface area contributed by atoms with E-state index in [0.717, 1.165) is 6.42 Å². The van der Waals surface area contributed by atoms with Gasteiger partial charge in [0.2, 0.25) is 0 Å². The summed E-state index contributed by atoms with van der Waals surface area (Å²) in [4.78, 5) is 11.1. The van der Waals surface area contributed by atoms with Gasteiger partial charge in [0.1, 0.15) is 0 Å². The Balaban J connectivity index is 2.23. The molecule has 0 aromatic rings. The van der Waals surface area contributed by atoms with Crippen LogP contribution in [0.25, 0.3) is 0 Å². The summed E-state index contributed by atoms with van der Waals surface area (Å²) in [6.45, 7) is 2.74. The van der Waals surface area contributed by atoms with Crippen molar-refractivity contribution in [1.82, 2.24) is 0 Å². The van der Waals surface area contributed by atoms with Crippen molar-refractivity contribution in [2.45, 2.75) is 32.5 Å². The van der Waals surface area contributed by atoms with Crippen molar-refractivity contribution >= 4 is 5.97 Å². The molecule has 0 unspecified atom stereocenters. The molecule has 4 heteroatoms. The van der Waals surface area contributed by atoms with Crippen LogP contribution in [0.15, 0.2) is 0 Å². The van der Waals surface area contributed by atoms with Gasteiger partial charge in [-0.2, -0.15) is 0 Å². The second-order valence-electron chi connectivity index (χ2n) is 3.22. The predicted molar refractivity (Wildman–Crippen MR) is 45.9 cm³/mol. The summed E-state index contributed by atoms with van der Waals surface area (Å²) >= 11 is 0. The molecule has 4 nitrogen and oxygen atoms in total. The number of ether oxygens (including phenoxy) is 2. The first kappa shape index (κ1) is 10.5. The van der Waals surface area contributed by atoms with Crippen LogP contribution in [-0.2, 0) is 14.3 Å². The lowest BCUT2D eigenvalue weighted by molar-refractivity contribution is -0.154. The van der Waals surface area contributed by atoms with Crippen LogP contribution < -0.4 is 0 Å². The van der Waals surface area contributed by atoms with Crippen LogP contribution in [0, 0.1) is 5.92 Å². The van der Waals surface area contributed by atoms with Crippen molar-refractivity contribution in [3.05, 3.63) is 0 Å². The molecule has 1 aliphatic rings. The number of hydrogen-bond donors (Lipinski definition) is 1. The molecule has 13 heavy (non-hydrogen) atoms. The van der Waals surface area contributed by atoms with E-state index in [2.05, 4.69) is 0 Å². The van der Waals surface area contributed by atoms with E-state index in [0.29, 0.717) is 26.1 Å². The number of carbonyl (C=O) groups is 1. The van der Waals surface area contributed by atoms with Crippen LogP contribution in [-0.4, -0.2) is 30.6 Å². The zero-order valence-electron chi connectivity index (χ0n) is 7.86. The molecule has 0 amide bonds. The topological polar surface area (TPSA) is 55.8 Å². The lowest BCUT2D eigenvalue weighted by atomic mass is 9.96. The van der Waals surface area contributed by atoms with Crippen LogP contribution in [0.1, 0.15) is 26.2 Å². The Labute approximate surface area is 77.8 Å². The summed E-state index contributed by atoms with van der Waals surface area (Å²) < 4.78 is 9.77. The quantitative estimate of drug-likeness (QED) is 0.662. The van der Waals surface area contributed by atoms with Gasteiger partial charge in [0, 0.05) is 12.8 Å². The second kappa shape index (κ2) is 5.19. The van der Waals surface area contributed by atoms with Crippen LogP contribution in [0.4, 0.5) is 0 Å². The first-order chi connectivity index (χ1) is 6.22. The van der Waals surface area contributed by atoms with Gasteiger partial charge in [0.15, 0.2) is 6.29 Å². The number of rotatable bonds is 3. The second-order valence-corrected chi connectivity index (χ2v) is 3.22. The SMILES string of the molecule is CCOC(=O)C[C@@H]1CCO[C@H](O)C1. The molecule has 0 aliphatic carbocycles.